The molecule has 5 nitrogen and oxygen atoms in total. The third-order valence-corrected chi connectivity index (χ3v) is 4.64. The molecule has 4 atom stereocenters. The molecule has 0 bridgehead atoms. The van der Waals surface area contributed by atoms with E-state index in [0.717, 1.165) is 17.5 Å². The van der Waals surface area contributed by atoms with E-state index in [9.17, 15) is 13.6 Å². The Morgan fingerprint density at radius 3 is 2.27 bits per heavy atom. The number of esters is 1. The second kappa shape index (κ2) is 10.2. The lowest BCUT2D eigenvalue weighted by molar-refractivity contribution is -0.157. The number of rotatable bonds is 9. The molecule has 0 radical (unpaired) electrons. The summed E-state index contributed by atoms with van der Waals surface area (Å²) in [5, 5.41) is 0. The Bertz CT molecular complexity index is 591. The molecule has 0 amide bonds. The molecule has 1 N–H and O–H groups in total. The predicted octanol–water partition coefficient (Wildman–Crippen LogP) is 4.97. The van der Waals surface area contributed by atoms with Gasteiger partial charge in [-0.25, -0.2) is 0 Å². The lowest BCUT2D eigenvalue weighted by atomic mass is 9.84. The van der Waals surface area contributed by atoms with Crippen LogP contribution in [0.1, 0.15) is 71.1 Å². The normalized spacial score (nSPS) is 16.6. The Morgan fingerprint density at radius 2 is 1.81 bits per heavy atom. The fraction of sp³-hybridized carbons (Fsp3) is 0.650. The number of hydrogen-bond donors (Lipinski definition) is 1. The lowest BCUT2D eigenvalue weighted by Gasteiger charge is -2.29. The highest BCUT2D eigenvalue weighted by molar-refractivity contribution is 7.74. The first kappa shape index (κ1) is 22.8. The maximum atomic E-state index is 12.4. The van der Waals surface area contributed by atoms with Gasteiger partial charge in [-0.2, -0.15) is 4.21 Å². The van der Waals surface area contributed by atoms with Gasteiger partial charge in [0, 0.05) is 5.92 Å². The van der Waals surface area contributed by atoms with Crippen molar-refractivity contribution in [2.45, 2.75) is 72.5 Å². The van der Waals surface area contributed by atoms with Crippen molar-refractivity contribution < 1.29 is 22.5 Å². The molecule has 148 valence electrons. The van der Waals surface area contributed by atoms with Crippen LogP contribution in [0.4, 0.5) is 0 Å². The average Bonchev–Trinajstić information content (AvgIpc) is 2.50. The van der Waals surface area contributed by atoms with Gasteiger partial charge in [0.25, 0.3) is 0 Å². The van der Waals surface area contributed by atoms with E-state index in [1.807, 2.05) is 52.0 Å². The third kappa shape index (κ3) is 8.43. The summed E-state index contributed by atoms with van der Waals surface area (Å²) in [6, 6.07) is 7.62. The molecule has 4 unspecified atom stereocenters. The van der Waals surface area contributed by atoms with Crippen LogP contribution >= 0.6 is 0 Å². The van der Waals surface area contributed by atoms with E-state index in [1.165, 1.54) is 0 Å². The van der Waals surface area contributed by atoms with Crippen LogP contribution < -0.4 is 0 Å². The van der Waals surface area contributed by atoms with E-state index < -0.39 is 23.1 Å². The minimum Gasteiger partial charge on any atom is -0.460 e. The molecule has 6 heteroatoms. The zero-order valence-electron chi connectivity index (χ0n) is 16.7. The first-order chi connectivity index (χ1) is 12.0. The smallest absolute Gasteiger partial charge is 0.306 e. The summed E-state index contributed by atoms with van der Waals surface area (Å²) in [6.45, 7) is 11.6. The van der Waals surface area contributed by atoms with E-state index in [1.54, 1.807) is 0 Å². The van der Waals surface area contributed by atoms with Crippen molar-refractivity contribution in [3.05, 3.63) is 35.4 Å². The highest BCUT2D eigenvalue weighted by atomic mass is 32.2. The summed E-state index contributed by atoms with van der Waals surface area (Å²) < 4.78 is 31.5. The standard InChI is InChI=1S/C20H32O5S/c1-7-14(2)12-17(13-18(21)24-20(4,5)6)19(25-26(22)23)16-10-8-15(3)9-11-16/h8-11,14,17,19H,7,12-13H2,1-6H3,(H,22,23). The highest BCUT2D eigenvalue weighted by Gasteiger charge is 2.31. The van der Waals surface area contributed by atoms with Crippen LogP contribution in [-0.4, -0.2) is 20.3 Å². The maximum Gasteiger partial charge on any atom is 0.306 e. The van der Waals surface area contributed by atoms with Gasteiger partial charge in [0.1, 0.15) is 11.7 Å². The molecule has 1 aromatic rings. The molecule has 0 aliphatic carbocycles. The largest absolute Gasteiger partial charge is 0.460 e. The first-order valence-corrected chi connectivity index (χ1v) is 10.1. The number of carbonyl (C=O) groups excluding carboxylic acids is 1. The van der Waals surface area contributed by atoms with E-state index in [-0.39, 0.29) is 18.3 Å². The topological polar surface area (TPSA) is 72.8 Å². The van der Waals surface area contributed by atoms with Crippen LogP contribution in [0.15, 0.2) is 24.3 Å². The minimum atomic E-state index is -2.42. The summed E-state index contributed by atoms with van der Waals surface area (Å²) in [7, 11) is 0. The van der Waals surface area contributed by atoms with Crippen molar-refractivity contribution in [3.63, 3.8) is 0 Å². The number of hydrogen-bond acceptors (Lipinski definition) is 4. The van der Waals surface area contributed by atoms with Crippen LogP contribution in [0.5, 0.6) is 0 Å². The predicted molar refractivity (Wildman–Crippen MR) is 104 cm³/mol. The van der Waals surface area contributed by atoms with Crippen LogP contribution in [-0.2, 0) is 25.1 Å². The van der Waals surface area contributed by atoms with Crippen LogP contribution in [0.3, 0.4) is 0 Å². The molecule has 0 saturated carbocycles. The van der Waals surface area contributed by atoms with E-state index in [2.05, 4.69) is 13.8 Å². The summed E-state index contributed by atoms with van der Waals surface area (Å²) in [6.07, 6.45) is 1.14. The molecule has 1 aromatic carbocycles. The molecule has 0 aliphatic heterocycles. The minimum absolute atomic E-state index is 0.136. The van der Waals surface area contributed by atoms with Crippen molar-refractivity contribution >= 4 is 17.3 Å². The van der Waals surface area contributed by atoms with Gasteiger partial charge in [-0.05, 0) is 45.6 Å². The van der Waals surface area contributed by atoms with Crippen molar-refractivity contribution in [1.29, 1.82) is 0 Å². The van der Waals surface area contributed by atoms with Crippen molar-refractivity contribution in [2.24, 2.45) is 11.8 Å². The van der Waals surface area contributed by atoms with Gasteiger partial charge in [0.2, 0.25) is 0 Å². The van der Waals surface area contributed by atoms with Crippen molar-refractivity contribution in [1.82, 2.24) is 0 Å². The molecule has 0 aliphatic rings. The molecular weight excluding hydrogens is 352 g/mol. The van der Waals surface area contributed by atoms with E-state index >= 15 is 0 Å². The molecule has 0 aromatic heterocycles. The van der Waals surface area contributed by atoms with E-state index in [4.69, 9.17) is 8.92 Å². The maximum absolute atomic E-state index is 12.4. The SMILES string of the molecule is CCC(C)CC(CC(=O)OC(C)(C)C)C(OS(=O)O)c1ccc(C)cc1. The Hall–Kier alpha value is -1.24. The zero-order valence-corrected chi connectivity index (χ0v) is 17.5. The number of benzene rings is 1. The fourth-order valence-electron chi connectivity index (χ4n) is 2.85. The van der Waals surface area contributed by atoms with Gasteiger partial charge in [0.05, 0.1) is 6.42 Å². The molecule has 1 rings (SSSR count). The lowest BCUT2D eigenvalue weighted by Crippen LogP contribution is -2.28. The average molecular weight is 385 g/mol. The monoisotopic (exact) mass is 384 g/mol. The second-order valence-electron chi connectivity index (χ2n) is 7.94. The summed E-state index contributed by atoms with van der Waals surface area (Å²) in [4.78, 5) is 12.4. The summed E-state index contributed by atoms with van der Waals surface area (Å²) in [5.74, 6) is -0.222. The third-order valence-electron chi connectivity index (χ3n) is 4.27. The molecule has 0 fully saturated rings. The van der Waals surface area contributed by atoms with Crippen molar-refractivity contribution in [3.8, 4) is 0 Å². The summed E-state index contributed by atoms with van der Waals surface area (Å²) in [5.41, 5.74) is 1.30. The van der Waals surface area contributed by atoms with Gasteiger partial charge in [-0.1, -0.05) is 50.1 Å². The second-order valence-corrected chi connectivity index (χ2v) is 8.57. The Labute approximate surface area is 160 Å². The van der Waals surface area contributed by atoms with Gasteiger partial charge in [0.15, 0.2) is 0 Å². The number of carbonyl (C=O) groups is 1. The molecule has 0 spiro atoms. The van der Waals surface area contributed by atoms with Crippen LogP contribution in [0.2, 0.25) is 0 Å². The van der Waals surface area contributed by atoms with Crippen LogP contribution in [0.25, 0.3) is 0 Å². The van der Waals surface area contributed by atoms with Crippen LogP contribution in [0, 0.1) is 18.8 Å². The highest BCUT2D eigenvalue weighted by Crippen LogP contribution is 2.35. The molecular formula is C20H32O5S. The summed E-state index contributed by atoms with van der Waals surface area (Å²) >= 11 is -2.42. The first-order valence-electron chi connectivity index (χ1n) is 9.08. The van der Waals surface area contributed by atoms with Crippen molar-refractivity contribution in [2.75, 3.05) is 0 Å². The zero-order chi connectivity index (χ0) is 19.9. The quantitative estimate of drug-likeness (QED) is 0.480. The number of ether oxygens (including phenoxy) is 1. The molecule has 0 heterocycles. The van der Waals surface area contributed by atoms with Gasteiger partial charge >= 0.3 is 17.3 Å². The van der Waals surface area contributed by atoms with Gasteiger partial charge in [-0.15, -0.1) is 0 Å². The Kier molecular flexibility index (Phi) is 8.93. The van der Waals surface area contributed by atoms with E-state index in [0.29, 0.717) is 12.3 Å². The Balaban J connectivity index is 3.12. The fourth-order valence-corrected chi connectivity index (χ4v) is 3.29. The van der Waals surface area contributed by atoms with Gasteiger partial charge in [-0.3, -0.25) is 13.5 Å². The molecule has 0 saturated heterocycles. The Morgan fingerprint density at radius 1 is 1.23 bits per heavy atom. The van der Waals surface area contributed by atoms with Gasteiger partial charge < -0.3 is 4.74 Å². The number of aryl methyl sites for hydroxylation is 1. The molecule has 26 heavy (non-hydrogen) atoms.